The molecule has 44 heavy (non-hydrogen) atoms. The van der Waals surface area contributed by atoms with Crippen LogP contribution in [0.1, 0.15) is 130 Å². The van der Waals surface area contributed by atoms with Crippen molar-refractivity contribution >= 4 is 17.2 Å². The van der Waals surface area contributed by atoms with E-state index in [0.717, 1.165) is 19.3 Å². The second-order valence-electron chi connectivity index (χ2n) is 13.5. The Hall–Kier alpha value is -3.90. The van der Waals surface area contributed by atoms with Gasteiger partial charge in [-0.25, -0.2) is 0 Å². The van der Waals surface area contributed by atoms with E-state index in [1.165, 1.54) is 66.1 Å². The van der Waals surface area contributed by atoms with Gasteiger partial charge >= 0.3 is 0 Å². The molecule has 0 bridgehead atoms. The minimum atomic E-state index is 0.358. The molecule has 0 aliphatic heterocycles. The molecule has 0 N–H and O–H groups in total. The Bertz CT molecular complexity index is 1850. The highest BCUT2D eigenvalue weighted by Crippen LogP contribution is 2.48. The van der Waals surface area contributed by atoms with Gasteiger partial charge in [0.15, 0.2) is 0 Å². The van der Waals surface area contributed by atoms with Crippen LogP contribution in [0.5, 0.6) is 0 Å². The van der Waals surface area contributed by atoms with Crippen molar-refractivity contribution in [1.82, 2.24) is 0 Å². The lowest BCUT2D eigenvalue weighted by Crippen LogP contribution is -2.27. The van der Waals surface area contributed by atoms with Crippen molar-refractivity contribution in [2.24, 2.45) is 0 Å². The van der Waals surface area contributed by atoms with Gasteiger partial charge in [0.25, 0.3) is 0 Å². The molecule has 4 aromatic carbocycles. The third-order valence-corrected chi connectivity index (χ3v) is 9.69. The standard InChI is InChI=1S/C44H48/c1-9-30-25-34-26-36-41(33-23-17-18-24-33)35(10-2)37(27(3)4)38(28(5)6)44(36)43(34)39(29(7)8)42(30)40(31-19-13-11-14-20-31)32-21-15-12-16-22-32/h11-23,25-29H,9-10,24H2,1-8H3. The highest BCUT2D eigenvalue weighted by atomic mass is 14.4. The van der Waals surface area contributed by atoms with Gasteiger partial charge in [-0.1, -0.05) is 140 Å². The summed E-state index contributed by atoms with van der Waals surface area (Å²) in [7, 11) is 0. The molecule has 0 heterocycles. The van der Waals surface area contributed by atoms with Gasteiger partial charge in [0.05, 0.1) is 0 Å². The molecule has 0 radical (unpaired) electrons. The summed E-state index contributed by atoms with van der Waals surface area (Å²) in [6.45, 7) is 19.2. The van der Waals surface area contributed by atoms with E-state index in [2.05, 4.69) is 146 Å². The van der Waals surface area contributed by atoms with Crippen molar-refractivity contribution in [3.05, 3.63) is 145 Å². The molecule has 0 heteroatoms. The van der Waals surface area contributed by atoms with Crippen LogP contribution in [-0.2, 0) is 12.8 Å². The van der Waals surface area contributed by atoms with Gasteiger partial charge in [0.1, 0.15) is 0 Å². The predicted octanol–water partition coefficient (Wildman–Crippen LogP) is 10.6. The van der Waals surface area contributed by atoms with Crippen molar-refractivity contribution < 1.29 is 0 Å². The van der Waals surface area contributed by atoms with Crippen LogP contribution < -0.4 is 10.4 Å². The molecule has 0 aromatic heterocycles. The first-order valence-corrected chi connectivity index (χ1v) is 16.9. The molecule has 6 rings (SSSR count). The van der Waals surface area contributed by atoms with Gasteiger partial charge in [-0.15, -0.1) is 0 Å². The number of hydrogen-bond donors (Lipinski definition) is 0. The molecule has 0 unspecified atom stereocenters. The first-order valence-electron chi connectivity index (χ1n) is 16.9. The molecule has 0 fully saturated rings. The quantitative estimate of drug-likeness (QED) is 0.172. The monoisotopic (exact) mass is 576 g/mol. The fourth-order valence-electron chi connectivity index (χ4n) is 8.05. The van der Waals surface area contributed by atoms with Crippen LogP contribution in [0.3, 0.4) is 0 Å². The normalized spacial score (nSPS) is 13.5. The number of allylic oxidation sites excluding steroid dienone is 4. The summed E-state index contributed by atoms with van der Waals surface area (Å²) in [4.78, 5) is 0. The second-order valence-corrected chi connectivity index (χ2v) is 13.5. The summed E-state index contributed by atoms with van der Waals surface area (Å²) < 4.78 is 0. The fourth-order valence-corrected chi connectivity index (χ4v) is 8.05. The lowest BCUT2D eigenvalue weighted by atomic mass is 9.74. The van der Waals surface area contributed by atoms with Crippen LogP contribution in [-0.4, -0.2) is 0 Å². The Morgan fingerprint density at radius 2 is 1.25 bits per heavy atom. The summed E-state index contributed by atoms with van der Waals surface area (Å²) >= 11 is 0. The molecule has 2 aliphatic carbocycles. The number of fused-ring (bicyclic) bond motifs is 3. The summed E-state index contributed by atoms with van der Waals surface area (Å²) in [6.07, 6.45) is 12.6. The van der Waals surface area contributed by atoms with E-state index in [-0.39, 0.29) is 0 Å². The zero-order valence-corrected chi connectivity index (χ0v) is 28.0. The predicted molar refractivity (Wildman–Crippen MR) is 192 cm³/mol. The molecule has 0 saturated carbocycles. The first kappa shape index (κ1) is 30.1. The van der Waals surface area contributed by atoms with Gasteiger partial charge < -0.3 is 0 Å². The number of benzene rings is 4. The summed E-state index contributed by atoms with van der Waals surface area (Å²) in [5.74, 6) is 1.24. The molecule has 224 valence electrons. The fraction of sp³-hybridized carbons (Fsp3) is 0.318. The smallest absolute Gasteiger partial charge is 0.00330 e. The van der Waals surface area contributed by atoms with Gasteiger partial charge in [-0.2, -0.15) is 0 Å². The molecular weight excluding hydrogens is 528 g/mol. The molecular formula is C44H48. The summed E-state index contributed by atoms with van der Waals surface area (Å²) in [5.41, 5.74) is 19.0. The highest BCUT2D eigenvalue weighted by Gasteiger charge is 2.32. The average Bonchev–Trinajstić information content (AvgIpc) is 3.68. The summed E-state index contributed by atoms with van der Waals surface area (Å²) in [5, 5.41) is 2.84. The zero-order valence-electron chi connectivity index (χ0n) is 28.0. The molecule has 0 amide bonds. The summed E-state index contributed by atoms with van der Waals surface area (Å²) in [6, 6.07) is 24.7. The maximum absolute atomic E-state index is 2.56. The van der Waals surface area contributed by atoms with Crippen LogP contribution in [0.15, 0.2) is 85.0 Å². The van der Waals surface area contributed by atoms with Gasteiger partial charge in [0, 0.05) is 0 Å². The SMILES string of the molecule is CCc1c(C2=CC=CC2)c2c(c(C(C)C)c1C(C)C)-c1c(C(C)C)c(=C(c3ccccc3)c3ccccc3)c(CC)cc1=C2. The van der Waals surface area contributed by atoms with Gasteiger partial charge in [-0.3, -0.25) is 0 Å². The van der Waals surface area contributed by atoms with Gasteiger partial charge in [-0.05, 0) is 126 Å². The van der Waals surface area contributed by atoms with E-state index in [1.807, 2.05) is 0 Å². The Morgan fingerprint density at radius 3 is 1.73 bits per heavy atom. The van der Waals surface area contributed by atoms with E-state index in [1.54, 1.807) is 16.7 Å². The number of aryl methyl sites for hydroxylation is 1. The molecule has 2 aliphatic rings. The lowest BCUT2D eigenvalue weighted by Gasteiger charge is -2.30. The lowest BCUT2D eigenvalue weighted by molar-refractivity contribution is 0.775. The highest BCUT2D eigenvalue weighted by molar-refractivity contribution is 5.97. The largest absolute Gasteiger partial charge is 0.0801 e. The van der Waals surface area contributed by atoms with E-state index in [0.29, 0.717) is 17.8 Å². The van der Waals surface area contributed by atoms with Crippen LogP contribution in [0.25, 0.3) is 28.3 Å². The minimum absolute atomic E-state index is 0.358. The zero-order chi connectivity index (χ0) is 31.1. The molecule has 0 spiro atoms. The van der Waals surface area contributed by atoms with Crippen LogP contribution in [0.4, 0.5) is 0 Å². The second kappa shape index (κ2) is 12.2. The topological polar surface area (TPSA) is 0 Å². The van der Waals surface area contributed by atoms with Crippen molar-refractivity contribution in [2.45, 2.75) is 92.4 Å². The minimum Gasteiger partial charge on any atom is -0.0801 e. The first-order chi connectivity index (χ1) is 21.3. The number of hydrogen-bond acceptors (Lipinski definition) is 0. The third-order valence-electron chi connectivity index (χ3n) is 9.69. The maximum atomic E-state index is 2.56. The Kier molecular flexibility index (Phi) is 8.38. The van der Waals surface area contributed by atoms with E-state index in [4.69, 9.17) is 0 Å². The van der Waals surface area contributed by atoms with Crippen molar-refractivity contribution in [3.8, 4) is 11.1 Å². The molecule has 0 nitrogen and oxygen atoms in total. The Morgan fingerprint density at radius 1 is 0.659 bits per heavy atom. The van der Waals surface area contributed by atoms with E-state index >= 15 is 0 Å². The van der Waals surface area contributed by atoms with E-state index < -0.39 is 0 Å². The molecule has 0 atom stereocenters. The van der Waals surface area contributed by atoms with Crippen molar-refractivity contribution in [1.29, 1.82) is 0 Å². The van der Waals surface area contributed by atoms with Crippen LogP contribution in [0.2, 0.25) is 0 Å². The van der Waals surface area contributed by atoms with Crippen LogP contribution in [0, 0.1) is 0 Å². The van der Waals surface area contributed by atoms with E-state index in [9.17, 15) is 0 Å². The third kappa shape index (κ3) is 4.93. The Labute approximate surface area is 265 Å². The van der Waals surface area contributed by atoms with Crippen molar-refractivity contribution in [3.63, 3.8) is 0 Å². The number of rotatable bonds is 8. The van der Waals surface area contributed by atoms with Crippen LogP contribution >= 0.6 is 0 Å². The Balaban J connectivity index is 1.88. The average molecular weight is 577 g/mol. The van der Waals surface area contributed by atoms with Gasteiger partial charge in [0.2, 0.25) is 0 Å². The molecule has 4 aromatic rings. The maximum Gasteiger partial charge on any atom is -0.00330 e. The molecule has 0 saturated heterocycles. The van der Waals surface area contributed by atoms with Crippen molar-refractivity contribution in [2.75, 3.05) is 0 Å².